The second-order valence-corrected chi connectivity index (χ2v) is 8.03. The van der Waals surface area contributed by atoms with Gasteiger partial charge in [-0.3, -0.25) is 9.59 Å². The van der Waals surface area contributed by atoms with Crippen molar-refractivity contribution in [2.45, 2.75) is 44.7 Å². The number of urea groups is 1. The fourth-order valence-corrected chi connectivity index (χ4v) is 3.13. The normalized spacial score (nSPS) is 16.3. The molecule has 156 valence electrons. The molecule has 7 heteroatoms. The van der Waals surface area contributed by atoms with Gasteiger partial charge in [-0.2, -0.15) is 0 Å². The molecular formula is C23H26N4O3. The molecule has 0 radical (unpaired) electrons. The average Bonchev–Trinajstić information content (AvgIpc) is 3.62. The minimum Gasteiger partial charge on any atom is -0.346 e. The van der Waals surface area contributed by atoms with E-state index in [-0.39, 0.29) is 35.8 Å². The van der Waals surface area contributed by atoms with Crippen molar-refractivity contribution in [2.24, 2.45) is 5.92 Å². The SMILES string of the molecule is CC(NC(=O)c1cccc(NC(=O)NC2CC2)c1)c1ccc(NC(=O)C2CC2)cc1. The summed E-state index contributed by atoms with van der Waals surface area (Å²) < 4.78 is 0. The van der Waals surface area contributed by atoms with Gasteiger partial charge in [-0.1, -0.05) is 18.2 Å². The number of nitrogens with one attached hydrogen (secondary N) is 4. The van der Waals surface area contributed by atoms with Gasteiger partial charge < -0.3 is 21.3 Å². The van der Waals surface area contributed by atoms with Crippen molar-refractivity contribution in [3.05, 3.63) is 59.7 Å². The molecule has 0 aliphatic heterocycles. The Balaban J connectivity index is 1.32. The van der Waals surface area contributed by atoms with E-state index in [0.717, 1.165) is 36.9 Å². The highest BCUT2D eigenvalue weighted by Gasteiger charge is 2.29. The van der Waals surface area contributed by atoms with Gasteiger partial charge >= 0.3 is 6.03 Å². The maximum absolute atomic E-state index is 12.7. The molecule has 4 rings (SSSR count). The number of hydrogen-bond acceptors (Lipinski definition) is 3. The van der Waals surface area contributed by atoms with Gasteiger partial charge in [0.05, 0.1) is 6.04 Å². The van der Waals surface area contributed by atoms with E-state index in [0.29, 0.717) is 11.3 Å². The highest BCUT2D eigenvalue weighted by atomic mass is 16.2. The lowest BCUT2D eigenvalue weighted by atomic mass is 10.1. The van der Waals surface area contributed by atoms with Crippen molar-refractivity contribution < 1.29 is 14.4 Å². The Morgan fingerprint density at radius 1 is 0.900 bits per heavy atom. The van der Waals surface area contributed by atoms with Crippen LogP contribution < -0.4 is 21.3 Å². The Morgan fingerprint density at radius 3 is 2.30 bits per heavy atom. The molecule has 30 heavy (non-hydrogen) atoms. The number of carbonyl (C=O) groups excluding carboxylic acids is 3. The molecular weight excluding hydrogens is 380 g/mol. The van der Waals surface area contributed by atoms with E-state index in [2.05, 4.69) is 21.3 Å². The molecule has 1 atom stereocenters. The van der Waals surface area contributed by atoms with Crippen molar-refractivity contribution in [3.8, 4) is 0 Å². The van der Waals surface area contributed by atoms with Crippen molar-refractivity contribution >= 4 is 29.2 Å². The van der Waals surface area contributed by atoms with Crippen molar-refractivity contribution in [1.82, 2.24) is 10.6 Å². The number of carbonyl (C=O) groups is 3. The molecule has 2 saturated carbocycles. The second-order valence-electron chi connectivity index (χ2n) is 8.03. The summed E-state index contributed by atoms with van der Waals surface area (Å²) in [5.74, 6) is 0.0104. The highest BCUT2D eigenvalue weighted by molar-refractivity contribution is 5.97. The van der Waals surface area contributed by atoms with Gasteiger partial charge in [0.25, 0.3) is 5.91 Å². The summed E-state index contributed by atoms with van der Waals surface area (Å²) in [5, 5.41) is 11.5. The van der Waals surface area contributed by atoms with E-state index >= 15 is 0 Å². The van der Waals surface area contributed by atoms with E-state index in [4.69, 9.17) is 0 Å². The first-order chi connectivity index (χ1) is 14.5. The summed E-state index contributed by atoms with van der Waals surface area (Å²) in [5.41, 5.74) is 2.74. The summed E-state index contributed by atoms with van der Waals surface area (Å²) in [7, 11) is 0. The molecule has 4 N–H and O–H groups in total. The minimum atomic E-state index is -0.253. The lowest BCUT2D eigenvalue weighted by molar-refractivity contribution is -0.117. The number of hydrogen-bond donors (Lipinski definition) is 4. The topological polar surface area (TPSA) is 99.3 Å². The Kier molecular flexibility index (Phi) is 5.70. The van der Waals surface area contributed by atoms with Crippen LogP contribution in [0.1, 0.15) is 54.6 Å². The number of rotatable bonds is 7. The van der Waals surface area contributed by atoms with Gasteiger partial charge in [0.1, 0.15) is 0 Å². The second kappa shape index (κ2) is 8.57. The molecule has 2 aliphatic rings. The van der Waals surface area contributed by atoms with Crippen LogP contribution in [0.4, 0.5) is 16.2 Å². The first kappa shape index (κ1) is 19.9. The first-order valence-corrected chi connectivity index (χ1v) is 10.4. The molecule has 4 amide bonds. The monoisotopic (exact) mass is 406 g/mol. The smallest absolute Gasteiger partial charge is 0.319 e. The van der Waals surface area contributed by atoms with E-state index in [1.54, 1.807) is 24.3 Å². The summed E-state index contributed by atoms with van der Waals surface area (Å²) in [6.45, 7) is 1.90. The zero-order valence-corrected chi connectivity index (χ0v) is 16.9. The van der Waals surface area contributed by atoms with Crippen molar-refractivity contribution in [1.29, 1.82) is 0 Å². The fraction of sp³-hybridized carbons (Fsp3) is 0.348. The highest BCUT2D eigenvalue weighted by Crippen LogP contribution is 2.30. The third-order valence-corrected chi connectivity index (χ3v) is 5.27. The Hall–Kier alpha value is -3.35. The van der Waals surface area contributed by atoms with Gasteiger partial charge in [-0.05, 0) is 68.5 Å². The number of benzene rings is 2. The molecule has 0 bridgehead atoms. The van der Waals surface area contributed by atoms with E-state index < -0.39 is 0 Å². The van der Waals surface area contributed by atoms with Crippen LogP contribution in [0.25, 0.3) is 0 Å². The van der Waals surface area contributed by atoms with Gasteiger partial charge in [-0.15, -0.1) is 0 Å². The maximum Gasteiger partial charge on any atom is 0.319 e. The summed E-state index contributed by atoms with van der Waals surface area (Å²) in [6.07, 6.45) is 3.97. The van der Waals surface area contributed by atoms with Crippen LogP contribution in [0.15, 0.2) is 48.5 Å². The van der Waals surface area contributed by atoms with Crippen LogP contribution in [-0.4, -0.2) is 23.9 Å². The summed E-state index contributed by atoms with van der Waals surface area (Å²) in [6, 6.07) is 14.2. The molecule has 2 aromatic rings. The van der Waals surface area contributed by atoms with E-state index in [1.165, 1.54) is 0 Å². The lowest BCUT2D eigenvalue weighted by Crippen LogP contribution is -2.30. The Bertz CT molecular complexity index is 949. The molecule has 0 aromatic heterocycles. The third-order valence-electron chi connectivity index (χ3n) is 5.27. The molecule has 0 saturated heterocycles. The van der Waals surface area contributed by atoms with Gasteiger partial charge in [0.15, 0.2) is 0 Å². The predicted octanol–water partition coefficient (Wildman–Crippen LogP) is 3.81. The largest absolute Gasteiger partial charge is 0.346 e. The third kappa shape index (κ3) is 5.37. The minimum absolute atomic E-state index is 0.0726. The van der Waals surface area contributed by atoms with Crippen molar-refractivity contribution in [3.63, 3.8) is 0 Å². The molecule has 2 fully saturated rings. The molecule has 1 unspecified atom stereocenters. The average molecular weight is 406 g/mol. The number of amides is 4. The van der Waals surface area contributed by atoms with Crippen LogP contribution in [0, 0.1) is 5.92 Å². The van der Waals surface area contributed by atoms with Gasteiger partial charge in [-0.25, -0.2) is 4.79 Å². The van der Waals surface area contributed by atoms with Crippen molar-refractivity contribution in [2.75, 3.05) is 10.6 Å². The molecule has 0 heterocycles. The molecule has 2 aromatic carbocycles. The lowest BCUT2D eigenvalue weighted by Gasteiger charge is -2.16. The predicted molar refractivity (Wildman–Crippen MR) is 115 cm³/mol. The Morgan fingerprint density at radius 2 is 1.63 bits per heavy atom. The van der Waals surface area contributed by atoms with E-state index in [9.17, 15) is 14.4 Å². The van der Waals surface area contributed by atoms with Gasteiger partial charge in [0.2, 0.25) is 5.91 Å². The van der Waals surface area contributed by atoms with Crippen LogP contribution in [0.5, 0.6) is 0 Å². The Labute approximate surface area is 175 Å². The van der Waals surface area contributed by atoms with Gasteiger partial charge in [0, 0.05) is 28.9 Å². The zero-order chi connectivity index (χ0) is 21.1. The summed E-state index contributed by atoms with van der Waals surface area (Å²) >= 11 is 0. The molecule has 0 spiro atoms. The summed E-state index contributed by atoms with van der Waals surface area (Å²) in [4.78, 5) is 36.4. The zero-order valence-electron chi connectivity index (χ0n) is 16.9. The molecule has 7 nitrogen and oxygen atoms in total. The quantitative estimate of drug-likeness (QED) is 0.563. The first-order valence-electron chi connectivity index (χ1n) is 10.4. The van der Waals surface area contributed by atoms with Crippen LogP contribution in [-0.2, 0) is 4.79 Å². The van der Waals surface area contributed by atoms with E-state index in [1.807, 2.05) is 31.2 Å². The van der Waals surface area contributed by atoms with Crippen LogP contribution >= 0.6 is 0 Å². The maximum atomic E-state index is 12.7. The van der Waals surface area contributed by atoms with Crippen LogP contribution in [0.3, 0.4) is 0 Å². The number of anilines is 2. The standard InChI is InChI=1S/C23H26N4O3/c1-14(15-7-9-18(10-8-15)25-21(28)16-5-6-16)24-22(29)17-3-2-4-20(13-17)27-23(30)26-19-11-12-19/h2-4,7-10,13-14,16,19H,5-6,11-12H2,1H3,(H,24,29)(H,25,28)(H2,26,27,30). The van der Waals surface area contributed by atoms with Crippen LogP contribution in [0.2, 0.25) is 0 Å². The fourth-order valence-electron chi connectivity index (χ4n) is 3.13. The molecule has 2 aliphatic carbocycles.